The molecule has 1 fully saturated rings. The van der Waals surface area contributed by atoms with E-state index in [0.717, 1.165) is 12.1 Å². The largest absolute Gasteiger partial charge is 0.484 e. The number of aromatic nitrogens is 3. The summed E-state index contributed by atoms with van der Waals surface area (Å²) in [5.41, 5.74) is 6.47. The van der Waals surface area contributed by atoms with Gasteiger partial charge in [-0.1, -0.05) is 30.3 Å². The summed E-state index contributed by atoms with van der Waals surface area (Å²) in [7, 11) is 2.01. The van der Waals surface area contributed by atoms with Crippen molar-refractivity contribution in [2.75, 3.05) is 33.3 Å². The van der Waals surface area contributed by atoms with Crippen molar-refractivity contribution >= 4 is 11.8 Å². The number of nitrogens with two attached hydrogens (primary N) is 1. The van der Waals surface area contributed by atoms with Gasteiger partial charge in [0.05, 0.1) is 0 Å². The van der Waals surface area contributed by atoms with Gasteiger partial charge in [0, 0.05) is 30.8 Å². The lowest BCUT2D eigenvalue weighted by atomic mass is 10.1. The fourth-order valence-electron chi connectivity index (χ4n) is 3.53. The summed E-state index contributed by atoms with van der Waals surface area (Å²) in [6.07, 6.45) is 0. The number of primary amides is 1. The number of ether oxygens (including phenoxy) is 1. The van der Waals surface area contributed by atoms with Gasteiger partial charge in [0.2, 0.25) is 5.91 Å². The van der Waals surface area contributed by atoms with E-state index in [2.05, 4.69) is 20.1 Å². The van der Waals surface area contributed by atoms with E-state index in [9.17, 15) is 9.59 Å². The number of hydrogen-bond donors (Lipinski definition) is 2. The van der Waals surface area contributed by atoms with E-state index in [1.54, 1.807) is 29.2 Å². The summed E-state index contributed by atoms with van der Waals surface area (Å²) in [4.78, 5) is 32.7. The molecular formula is C22H24N6O3. The number of carbonyl (C=O) groups excluding carboxylic acids is 2. The Labute approximate surface area is 179 Å². The number of rotatable bonds is 6. The topological polar surface area (TPSA) is 117 Å². The van der Waals surface area contributed by atoms with E-state index in [-0.39, 0.29) is 18.6 Å². The molecule has 0 bridgehead atoms. The lowest BCUT2D eigenvalue weighted by Gasteiger charge is -2.38. The Morgan fingerprint density at radius 2 is 1.87 bits per heavy atom. The van der Waals surface area contributed by atoms with Crippen molar-refractivity contribution in [1.29, 1.82) is 0 Å². The highest BCUT2D eigenvalue weighted by Gasteiger charge is 2.33. The molecule has 1 unspecified atom stereocenters. The number of amides is 2. The summed E-state index contributed by atoms with van der Waals surface area (Å²) in [5.74, 6) is 1.16. The minimum atomic E-state index is -0.487. The van der Waals surface area contributed by atoms with Crippen molar-refractivity contribution in [3.8, 4) is 17.1 Å². The summed E-state index contributed by atoms with van der Waals surface area (Å²) in [5, 5.41) is 7.28. The van der Waals surface area contributed by atoms with Crippen LogP contribution in [0.15, 0.2) is 54.6 Å². The van der Waals surface area contributed by atoms with Gasteiger partial charge < -0.3 is 20.3 Å². The van der Waals surface area contributed by atoms with Crippen molar-refractivity contribution in [2.45, 2.75) is 6.04 Å². The molecule has 1 saturated heterocycles. The van der Waals surface area contributed by atoms with Crippen LogP contribution < -0.4 is 10.5 Å². The molecule has 1 aromatic heterocycles. The number of piperazine rings is 1. The van der Waals surface area contributed by atoms with Crippen molar-refractivity contribution in [1.82, 2.24) is 25.0 Å². The lowest BCUT2D eigenvalue weighted by molar-refractivity contribution is -0.138. The van der Waals surface area contributed by atoms with Crippen LogP contribution in [0.2, 0.25) is 0 Å². The second kappa shape index (κ2) is 8.97. The van der Waals surface area contributed by atoms with Gasteiger partial charge in [0.15, 0.2) is 12.4 Å². The third kappa shape index (κ3) is 4.72. The van der Waals surface area contributed by atoms with Crippen LogP contribution in [0, 0.1) is 0 Å². The number of likely N-dealkylation sites (N-methyl/N-ethyl adjacent to an activating group) is 1. The zero-order valence-electron chi connectivity index (χ0n) is 17.2. The SMILES string of the molecule is CN1CCN(C(=O)COc2ccccc2)C(c2nc(-c3ccc(C(N)=O)cc3)n[nH]2)C1. The molecule has 2 heterocycles. The molecule has 3 N–H and O–H groups in total. The van der Waals surface area contributed by atoms with E-state index < -0.39 is 5.91 Å². The first-order chi connectivity index (χ1) is 15.0. The highest BCUT2D eigenvalue weighted by molar-refractivity contribution is 5.93. The normalized spacial score (nSPS) is 16.8. The van der Waals surface area contributed by atoms with Gasteiger partial charge in [0.25, 0.3) is 5.91 Å². The number of benzene rings is 2. The molecule has 2 aromatic carbocycles. The monoisotopic (exact) mass is 420 g/mol. The van der Waals surface area contributed by atoms with Gasteiger partial charge in [-0.15, -0.1) is 0 Å². The first kappa shape index (κ1) is 20.5. The molecule has 9 nitrogen and oxygen atoms in total. The minimum Gasteiger partial charge on any atom is -0.484 e. The molecule has 3 aromatic rings. The summed E-state index contributed by atoms with van der Waals surface area (Å²) >= 11 is 0. The van der Waals surface area contributed by atoms with E-state index in [1.165, 1.54) is 0 Å². The van der Waals surface area contributed by atoms with Crippen LogP contribution in [0.1, 0.15) is 22.2 Å². The minimum absolute atomic E-state index is 0.0419. The first-order valence-corrected chi connectivity index (χ1v) is 9.99. The maximum absolute atomic E-state index is 12.9. The van der Waals surface area contributed by atoms with Crippen LogP contribution in [0.3, 0.4) is 0 Å². The van der Waals surface area contributed by atoms with E-state index >= 15 is 0 Å². The molecule has 31 heavy (non-hydrogen) atoms. The van der Waals surface area contributed by atoms with Crippen LogP contribution in [0.25, 0.3) is 11.4 Å². The number of hydrogen-bond acceptors (Lipinski definition) is 6. The number of para-hydroxylation sites is 1. The second-order valence-electron chi connectivity index (χ2n) is 7.45. The van der Waals surface area contributed by atoms with Crippen molar-refractivity contribution in [3.63, 3.8) is 0 Å². The molecule has 1 aliphatic heterocycles. The highest BCUT2D eigenvalue weighted by Crippen LogP contribution is 2.25. The maximum Gasteiger partial charge on any atom is 0.261 e. The fourth-order valence-corrected chi connectivity index (χ4v) is 3.53. The molecule has 0 radical (unpaired) electrons. The average Bonchev–Trinajstić information content (AvgIpc) is 3.28. The average molecular weight is 420 g/mol. The van der Waals surface area contributed by atoms with Crippen LogP contribution in [-0.4, -0.2) is 70.1 Å². The Morgan fingerprint density at radius 1 is 1.13 bits per heavy atom. The van der Waals surface area contributed by atoms with Crippen LogP contribution in [0.4, 0.5) is 0 Å². The van der Waals surface area contributed by atoms with Crippen LogP contribution >= 0.6 is 0 Å². The fraction of sp³-hybridized carbons (Fsp3) is 0.273. The molecule has 0 saturated carbocycles. The Morgan fingerprint density at radius 3 is 2.58 bits per heavy atom. The number of nitrogens with zero attached hydrogens (tertiary/aromatic N) is 4. The quantitative estimate of drug-likeness (QED) is 0.624. The predicted octanol–water partition coefficient (Wildman–Crippen LogP) is 1.46. The van der Waals surface area contributed by atoms with Gasteiger partial charge in [-0.3, -0.25) is 14.7 Å². The number of carbonyl (C=O) groups is 2. The summed E-state index contributed by atoms with van der Waals surface area (Å²) in [6.45, 7) is 1.93. The molecule has 0 aliphatic carbocycles. The number of aromatic amines is 1. The van der Waals surface area contributed by atoms with Crippen LogP contribution in [-0.2, 0) is 4.79 Å². The van der Waals surface area contributed by atoms with Gasteiger partial charge >= 0.3 is 0 Å². The van der Waals surface area contributed by atoms with E-state index in [4.69, 9.17) is 10.5 Å². The highest BCUT2D eigenvalue weighted by atomic mass is 16.5. The smallest absolute Gasteiger partial charge is 0.261 e. The van der Waals surface area contributed by atoms with Crippen molar-refractivity contribution in [2.24, 2.45) is 5.73 Å². The molecule has 9 heteroatoms. The van der Waals surface area contributed by atoms with Crippen molar-refractivity contribution in [3.05, 3.63) is 66.0 Å². The molecular weight excluding hydrogens is 396 g/mol. The zero-order chi connectivity index (χ0) is 21.8. The van der Waals surface area contributed by atoms with Crippen LogP contribution in [0.5, 0.6) is 5.75 Å². The number of nitrogens with one attached hydrogen (secondary N) is 1. The Balaban J connectivity index is 1.50. The third-order valence-electron chi connectivity index (χ3n) is 5.26. The standard InChI is InChI=1S/C22H24N6O3/c1-27-11-12-28(19(29)14-31-17-5-3-2-4-6-17)18(13-27)22-24-21(25-26-22)16-9-7-15(8-10-16)20(23)30/h2-10,18H,11-14H2,1H3,(H2,23,30)(H,24,25,26). The van der Waals surface area contributed by atoms with Gasteiger partial charge in [-0.25, -0.2) is 4.98 Å². The predicted molar refractivity (Wildman–Crippen MR) is 114 cm³/mol. The van der Waals surface area contributed by atoms with Gasteiger partial charge in [0.1, 0.15) is 17.6 Å². The Hall–Kier alpha value is -3.72. The molecule has 1 aliphatic rings. The summed E-state index contributed by atoms with van der Waals surface area (Å²) < 4.78 is 5.65. The van der Waals surface area contributed by atoms with Crippen molar-refractivity contribution < 1.29 is 14.3 Å². The lowest BCUT2D eigenvalue weighted by Crippen LogP contribution is -2.50. The molecule has 0 spiro atoms. The zero-order valence-corrected chi connectivity index (χ0v) is 17.2. The molecule has 4 rings (SSSR count). The van der Waals surface area contributed by atoms with E-state index in [1.807, 2.05) is 37.4 Å². The maximum atomic E-state index is 12.9. The summed E-state index contributed by atoms with van der Waals surface area (Å²) in [6, 6.07) is 15.8. The van der Waals surface area contributed by atoms with Gasteiger partial charge in [-0.2, -0.15) is 5.10 Å². The van der Waals surface area contributed by atoms with E-state index in [0.29, 0.717) is 36.1 Å². The molecule has 1 atom stereocenters. The molecule has 2 amide bonds. The first-order valence-electron chi connectivity index (χ1n) is 9.99. The Kier molecular flexibility index (Phi) is 5.94. The third-order valence-corrected chi connectivity index (χ3v) is 5.26. The Bertz CT molecular complexity index is 1050. The second-order valence-corrected chi connectivity index (χ2v) is 7.45. The molecule has 160 valence electrons. The number of H-pyrrole nitrogens is 1. The van der Waals surface area contributed by atoms with Gasteiger partial charge in [-0.05, 0) is 31.3 Å².